The lowest BCUT2D eigenvalue weighted by Gasteiger charge is -2.47. The Morgan fingerprint density at radius 2 is 1.61 bits per heavy atom. The second kappa shape index (κ2) is 13.7. The molecule has 0 aromatic heterocycles. The molecular formula is C33H41N3O5. The van der Waals surface area contributed by atoms with Crippen molar-refractivity contribution >= 4 is 11.9 Å². The van der Waals surface area contributed by atoms with Crippen LogP contribution in [0.2, 0.25) is 0 Å². The number of hydrogen-bond acceptors (Lipinski definition) is 6. The normalized spacial score (nSPS) is 18.5. The Labute approximate surface area is 242 Å². The molecule has 4 rings (SSSR count). The van der Waals surface area contributed by atoms with Gasteiger partial charge in [0.1, 0.15) is 11.5 Å². The molecule has 1 heterocycles. The van der Waals surface area contributed by atoms with Crippen LogP contribution >= 0.6 is 0 Å². The number of carbonyl (C=O) groups excluding carboxylic acids is 1. The van der Waals surface area contributed by atoms with Crippen molar-refractivity contribution in [3.63, 3.8) is 0 Å². The first-order valence-electron chi connectivity index (χ1n) is 14.3. The van der Waals surface area contributed by atoms with Crippen molar-refractivity contribution in [1.29, 1.82) is 0 Å². The summed E-state index contributed by atoms with van der Waals surface area (Å²) in [5, 5.41) is 19.3. The Morgan fingerprint density at radius 3 is 2.29 bits per heavy atom. The van der Waals surface area contributed by atoms with Crippen LogP contribution in [-0.2, 0) is 11.3 Å². The van der Waals surface area contributed by atoms with Gasteiger partial charge in [-0.25, -0.2) is 4.79 Å². The summed E-state index contributed by atoms with van der Waals surface area (Å²) < 4.78 is 5.38. The van der Waals surface area contributed by atoms with Gasteiger partial charge in [-0.1, -0.05) is 36.4 Å². The molecule has 1 amide bonds. The molecular weight excluding hydrogens is 518 g/mol. The minimum absolute atomic E-state index is 0.0207. The van der Waals surface area contributed by atoms with Crippen LogP contribution in [0.4, 0.5) is 0 Å². The molecule has 41 heavy (non-hydrogen) atoms. The topological polar surface area (TPSA) is 93.6 Å². The third-order valence-corrected chi connectivity index (χ3v) is 7.83. The van der Waals surface area contributed by atoms with Crippen LogP contribution in [-0.4, -0.2) is 81.7 Å². The summed E-state index contributed by atoms with van der Waals surface area (Å²) in [6.07, 6.45) is 0. The van der Waals surface area contributed by atoms with E-state index in [0.29, 0.717) is 30.9 Å². The number of nitrogens with zero attached hydrogens (tertiary/aromatic N) is 3. The predicted octanol–water partition coefficient (Wildman–Crippen LogP) is 5.02. The Bertz CT molecular complexity index is 1340. The number of hydrogen-bond donors (Lipinski definition) is 2. The van der Waals surface area contributed by atoms with E-state index in [1.807, 2.05) is 73.3 Å². The average Bonchev–Trinajstić information content (AvgIpc) is 2.95. The summed E-state index contributed by atoms with van der Waals surface area (Å²) in [6, 6.07) is 23.1. The van der Waals surface area contributed by atoms with Crippen molar-refractivity contribution in [2.75, 3.05) is 32.8 Å². The summed E-state index contributed by atoms with van der Waals surface area (Å²) in [5.41, 5.74) is 3.73. The molecule has 8 heteroatoms. The molecule has 1 aliphatic heterocycles. The molecule has 1 aliphatic rings. The van der Waals surface area contributed by atoms with Gasteiger partial charge in [-0.2, -0.15) is 0 Å². The van der Waals surface area contributed by atoms with E-state index >= 15 is 0 Å². The maximum Gasteiger partial charge on any atom is 0.341 e. The maximum atomic E-state index is 13.2. The first-order valence-corrected chi connectivity index (χ1v) is 14.3. The first-order chi connectivity index (χ1) is 19.7. The van der Waals surface area contributed by atoms with E-state index in [9.17, 15) is 14.7 Å². The average molecular weight is 560 g/mol. The summed E-state index contributed by atoms with van der Waals surface area (Å²) in [6.45, 7) is 11.7. The number of benzene rings is 3. The molecule has 3 atom stereocenters. The number of carboxylic acid groups (broad SMARTS) is 1. The third kappa shape index (κ3) is 7.45. The van der Waals surface area contributed by atoms with Crippen LogP contribution in [0.1, 0.15) is 60.8 Å². The highest BCUT2D eigenvalue weighted by molar-refractivity contribution is 5.94. The summed E-state index contributed by atoms with van der Waals surface area (Å²) in [7, 11) is 0. The Morgan fingerprint density at radius 1 is 0.927 bits per heavy atom. The number of aliphatic carboxylic acids is 1. The zero-order chi connectivity index (χ0) is 29.5. The maximum absolute atomic E-state index is 13.2. The molecule has 218 valence electrons. The van der Waals surface area contributed by atoms with Gasteiger partial charge in [0, 0.05) is 50.4 Å². The summed E-state index contributed by atoms with van der Waals surface area (Å²) in [4.78, 5) is 30.8. The SMILES string of the molecule is CCN(CC)C(=O)c1cccc(C(c2cccc(O)c2)N2C[C@@H](C)N(Cc3cccc(OCC(=O)O)c3)C[C@@H]2C)c1. The van der Waals surface area contributed by atoms with E-state index in [0.717, 1.165) is 29.8 Å². The lowest BCUT2D eigenvalue weighted by molar-refractivity contribution is -0.139. The molecule has 3 aromatic rings. The summed E-state index contributed by atoms with van der Waals surface area (Å²) >= 11 is 0. The van der Waals surface area contributed by atoms with Gasteiger partial charge in [0.05, 0.1) is 6.04 Å². The van der Waals surface area contributed by atoms with Crippen molar-refractivity contribution in [2.45, 2.75) is 52.4 Å². The molecule has 1 saturated heterocycles. The number of carbonyl (C=O) groups is 2. The molecule has 0 bridgehead atoms. The number of phenols is 1. The highest BCUT2D eigenvalue weighted by Gasteiger charge is 2.35. The second-order valence-corrected chi connectivity index (χ2v) is 10.8. The Kier molecular flexibility index (Phi) is 10.0. The van der Waals surface area contributed by atoms with Crippen LogP contribution in [0.25, 0.3) is 0 Å². The van der Waals surface area contributed by atoms with Gasteiger partial charge >= 0.3 is 5.97 Å². The van der Waals surface area contributed by atoms with Crippen LogP contribution < -0.4 is 4.74 Å². The molecule has 0 radical (unpaired) electrons. The van der Waals surface area contributed by atoms with Gasteiger partial charge in [-0.15, -0.1) is 0 Å². The van der Waals surface area contributed by atoms with Crippen molar-refractivity contribution in [3.05, 3.63) is 95.1 Å². The number of rotatable bonds is 11. The molecule has 0 aliphatic carbocycles. The van der Waals surface area contributed by atoms with Crippen molar-refractivity contribution in [2.24, 2.45) is 0 Å². The van der Waals surface area contributed by atoms with Crippen LogP contribution in [0.5, 0.6) is 11.5 Å². The fraction of sp³-hybridized carbons (Fsp3) is 0.394. The number of piperazine rings is 1. The monoisotopic (exact) mass is 559 g/mol. The van der Waals surface area contributed by atoms with Gasteiger partial charge in [0.2, 0.25) is 0 Å². The Hall–Kier alpha value is -3.88. The fourth-order valence-corrected chi connectivity index (χ4v) is 5.72. The molecule has 1 fully saturated rings. The van der Waals surface area contributed by atoms with E-state index in [2.05, 4.69) is 29.7 Å². The molecule has 3 aromatic carbocycles. The van der Waals surface area contributed by atoms with Crippen molar-refractivity contribution in [1.82, 2.24) is 14.7 Å². The number of ether oxygens (including phenoxy) is 1. The zero-order valence-electron chi connectivity index (χ0n) is 24.4. The third-order valence-electron chi connectivity index (χ3n) is 7.83. The molecule has 1 unspecified atom stereocenters. The zero-order valence-corrected chi connectivity index (χ0v) is 24.4. The molecule has 2 N–H and O–H groups in total. The van der Waals surface area contributed by atoms with E-state index in [-0.39, 0.29) is 36.4 Å². The van der Waals surface area contributed by atoms with Gasteiger partial charge in [-0.3, -0.25) is 14.6 Å². The minimum atomic E-state index is -1.00. The minimum Gasteiger partial charge on any atom is -0.508 e. The molecule has 0 spiro atoms. The lowest BCUT2D eigenvalue weighted by Crippen LogP contribution is -2.56. The number of aromatic hydroxyl groups is 1. The number of carboxylic acids is 1. The summed E-state index contributed by atoms with van der Waals surface area (Å²) in [5.74, 6) is -0.218. The molecule has 0 saturated carbocycles. The van der Waals surface area contributed by atoms with E-state index < -0.39 is 5.97 Å². The standard InChI is InChI=1S/C33H41N3O5/c1-5-34(6-2)33(40)28-13-8-11-26(17-28)32(27-12-9-14-29(37)18-27)36-20-23(3)35(19-24(36)4)21-25-10-7-15-30(16-25)41-22-31(38)39/h7-18,23-24,32,37H,5-6,19-22H2,1-4H3,(H,38,39)/t23-,24+,32?/m1/s1. The molecule has 8 nitrogen and oxygen atoms in total. The first kappa shape index (κ1) is 30.1. The smallest absolute Gasteiger partial charge is 0.341 e. The highest BCUT2D eigenvalue weighted by Crippen LogP contribution is 2.35. The van der Waals surface area contributed by atoms with Crippen LogP contribution in [0.15, 0.2) is 72.8 Å². The fourth-order valence-electron chi connectivity index (χ4n) is 5.72. The highest BCUT2D eigenvalue weighted by atomic mass is 16.5. The quantitative estimate of drug-likeness (QED) is 0.341. The lowest BCUT2D eigenvalue weighted by atomic mass is 9.92. The van der Waals surface area contributed by atoms with Gasteiger partial charge in [0.25, 0.3) is 5.91 Å². The Balaban J connectivity index is 1.60. The van der Waals surface area contributed by atoms with Gasteiger partial charge < -0.3 is 19.8 Å². The number of phenolic OH excluding ortho intramolecular Hbond substituents is 1. The van der Waals surface area contributed by atoms with Crippen molar-refractivity contribution in [3.8, 4) is 11.5 Å². The van der Waals surface area contributed by atoms with Crippen molar-refractivity contribution < 1.29 is 24.5 Å². The van der Waals surface area contributed by atoms with E-state index in [1.165, 1.54) is 0 Å². The predicted molar refractivity (Wildman–Crippen MR) is 159 cm³/mol. The van der Waals surface area contributed by atoms with Gasteiger partial charge in [-0.05, 0) is 80.8 Å². The van der Waals surface area contributed by atoms with E-state index in [1.54, 1.807) is 12.1 Å². The van der Waals surface area contributed by atoms with E-state index in [4.69, 9.17) is 9.84 Å². The van der Waals surface area contributed by atoms with Gasteiger partial charge in [0.15, 0.2) is 6.61 Å². The number of amides is 1. The van der Waals surface area contributed by atoms with Crippen LogP contribution in [0, 0.1) is 0 Å². The second-order valence-electron chi connectivity index (χ2n) is 10.8. The largest absolute Gasteiger partial charge is 0.508 e. The van der Waals surface area contributed by atoms with Crippen LogP contribution in [0.3, 0.4) is 0 Å².